The van der Waals surface area contributed by atoms with Gasteiger partial charge in [-0.25, -0.2) is 0 Å². The first-order valence-corrected chi connectivity index (χ1v) is 5.57. The molecule has 0 radical (unpaired) electrons. The Labute approximate surface area is 83.7 Å². The van der Waals surface area contributed by atoms with Gasteiger partial charge in [-0.1, -0.05) is 12.0 Å². The van der Waals surface area contributed by atoms with Crippen LogP contribution in [0.5, 0.6) is 0 Å². The minimum Gasteiger partial charge on any atom is -0.119 e. The van der Waals surface area contributed by atoms with Crippen LogP contribution >= 0.6 is 11.8 Å². The van der Waals surface area contributed by atoms with E-state index in [1.54, 1.807) is 11.8 Å². The predicted molar refractivity (Wildman–Crippen MR) is 58.0 cm³/mol. The quantitative estimate of drug-likeness (QED) is 0.508. The highest BCUT2D eigenvalue weighted by atomic mass is 32.2. The lowest BCUT2D eigenvalue weighted by atomic mass is 10.1. The highest BCUT2D eigenvalue weighted by Gasteiger charge is 2.10. The number of hydrogen-bond acceptors (Lipinski definition) is 1. The average Bonchev–Trinajstić information content (AvgIpc) is 2.61. The highest BCUT2D eigenvalue weighted by molar-refractivity contribution is 7.99. The fraction of sp³-hybridized carbons (Fsp3) is 0.333. The standard InChI is InChI=1S/C12H12S/c1-2-8-13-12-7-6-10-4-3-5-11(10)9-12/h1,6-7,9H,3-5,8H2. The third-order valence-corrected chi connectivity index (χ3v) is 3.29. The Balaban J connectivity index is 2.17. The molecule has 0 spiro atoms. The van der Waals surface area contributed by atoms with Gasteiger partial charge in [-0.05, 0) is 42.5 Å². The van der Waals surface area contributed by atoms with Gasteiger partial charge in [-0.2, -0.15) is 0 Å². The number of rotatable bonds is 2. The van der Waals surface area contributed by atoms with Gasteiger partial charge >= 0.3 is 0 Å². The third-order valence-electron chi connectivity index (χ3n) is 2.39. The number of benzene rings is 1. The van der Waals surface area contributed by atoms with Crippen LogP contribution in [-0.4, -0.2) is 5.75 Å². The van der Waals surface area contributed by atoms with Crippen molar-refractivity contribution in [1.82, 2.24) is 0 Å². The van der Waals surface area contributed by atoms with E-state index in [1.807, 2.05) is 0 Å². The van der Waals surface area contributed by atoms with Crippen molar-refractivity contribution in [2.75, 3.05) is 5.75 Å². The van der Waals surface area contributed by atoms with Crippen LogP contribution in [0.4, 0.5) is 0 Å². The minimum absolute atomic E-state index is 0.777. The second-order valence-corrected chi connectivity index (χ2v) is 4.33. The number of thioether (sulfide) groups is 1. The molecule has 0 heterocycles. The van der Waals surface area contributed by atoms with Crippen LogP contribution in [0.15, 0.2) is 23.1 Å². The number of fused-ring (bicyclic) bond motifs is 1. The molecule has 1 heteroatoms. The molecule has 0 saturated heterocycles. The summed E-state index contributed by atoms with van der Waals surface area (Å²) in [5, 5.41) is 0. The highest BCUT2D eigenvalue weighted by Crippen LogP contribution is 2.27. The molecule has 0 unspecified atom stereocenters. The smallest absolute Gasteiger partial charge is 0.0592 e. The van der Waals surface area contributed by atoms with Crippen molar-refractivity contribution in [1.29, 1.82) is 0 Å². The summed E-state index contributed by atoms with van der Waals surface area (Å²) >= 11 is 1.75. The van der Waals surface area contributed by atoms with Crippen molar-refractivity contribution in [3.8, 4) is 12.3 Å². The molecule has 0 saturated carbocycles. The Hall–Kier alpha value is -0.870. The van der Waals surface area contributed by atoms with E-state index >= 15 is 0 Å². The van der Waals surface area contributed by atoms with Crippen molar-refractivity contribution in [2.45, 2.75) is 24.2 Å². The zero-order chi connectivity index (χ0) is 9.10. The topological polar surface area (TPSA) is 0 Å². The molecule has 0 fully saturated rings. The minimum atomic E-state index is 0.777. The summed E-state index contributed by atoms with van der Waals surface area (Å²) in [5.74, 6) is 3.42. The summed E-state index contributed by atoms with van der Waals surface area (Å²) in [7, 11) is 0. The molecule has 0 aliphatic heterocycles. The van der Waals surface area contributed by atoms with Crippen molar-refractivity contribution >= 4 is 11.8 Å². The van der Waals surface area contributed by atoms with E-state index in [9.17, 15) is 0 Å². The zero-order valence-corrected chi connectivity index (χ0v) is 8.36. The molecule has 0 nitrogen and oxygen atoms in total. The van der Waals surface area contributed by atoms with Gasteiger partial charge < -0.3 is 0 Å². The Morgan fingerprint density at radius 3 is 3.00 bits per heavy atom. The maximum atomic E-state index is 5.22. The monoisotopic (exact) mass is 188 g/mol. The van der Waals surface area contributed by atoms with E-state index in [0.29, 0.717) is 0 Å². The lowest BCUT2D eigenvalue weighted by molar-refractivity contribution is 0.911. The van der Waals surface area contributed by atoms with Crippen LogP contribution in [0, 0.1) is 12.3 Å². The van der Waals surface area contributed by atoms with Gasteiger partial charge in [0.25, 0.3) is 0 Å². The molecule has 0 atom stereocenters. The molecular formula is C12H12S. The summed E-state index contributed by atoms with van der Waals surface area (Å²) in [5.41, 5.74) is 3.06. The molecule has 66 valence electrons. The molecule has 1 aliphatic carbocycles. The molecule has 1 aromatic carbocycles. The van der Waals surface area contributed by atoms with E-state index in [1.165, 1.54) is 35.3 Å². The van der Waals surface area contributed by atoms with Gasteiger partial charge in [-0.3, -0.25) is 0 Å². The second-order valence-electron chi connectivity index (χ2n) is 3.28. The summed E-state index contributed by atoms with van der Waals surface area (Å²) in [6.45, 7) is 0. The Morgan fingerprint density at radius 1 is 1.31 bits per heavy atom. The molecule has 0 bridgehead atoms. The largest absolute Gasteiger partial charge is 0.119 e. The first-order chi connectivity index (χ1) is 6.40. The van der Waals surface area contributed by atoms with Gasteiger partial charge in [0.2, 0.25) is 0 Å². The fourth-order valence-corrected chi connectivity index (χ4v) is 2.40. The maximum Gasteiger partial charge on any atom is 0.0592 e. The van der Waals surface area contributed by atoms with Gasteiger partial charge in [0.1, 0.15) is 0 Å². The van der Waals surface area contributed by atoms with Crippen LogP contribution in [0.25, 0.3) is 0 Å². The first-order valence-electron chi connectivity index (χ1n) is 4.58. The summed E-state index contributed by atoms with van der Waals surface area (Å²) in [6.07, 6.45) is 9.05. The van der Waals surface area contributed by atoms with E-state index < -0.39 is 0 Å². The lowest BCUT2D eigenvalue weighted by Gasteiger charge is -2.02. The van der Waals surface area contributed by atoms with Crippen molar-refractivity contribution in [2.24, 2.45) is 0 Å². The third kappa shape index (κ3) is 1.89. The van der Waals surface area contributed by atoms with Crippen LogP contribution < -0.4 is 0 Å². The van der Waals surface area contributed by atoms with Gasteiger partial charge in [0.05, 0.1) is 5.75 Å². The summed E-state index contributed by atoms with van der Waals surface area (Å²) < 4.78 is 0. The van der Waals surface area contributed by atoms with Crippen molar-refractivity contribution in [3.63, 3.8) is 0 Å². The SMILES string of the molecule is C#CCSc1ccc2c(c1)CCC2. The van der Waals surface area contributed by atoms with Crippen LogP contribution in [0.3, 0.4) is 0 Å². The van der Waals surface area contributed by atoms with Crippen LogP contribution in [0.2, 0.25) is 0 Å². The second kappa shape index (κ2) is 3.89. The molecule has 0 amide bonds. The number of terminal acetylenes is 1. The Bertz CT molecular complexity index is 347. The maximum absolute atomic E-state index is 5.22. The summed E-state index contributed by atoms with van der Waals surface area (Å²) in [6, 6.07) is 6.73. The molecule has 13 heavy (non-hydrogen) atoms. The first kappa shape index (κ1) is 8.72. The van der Waals surface area contributed by atoms with E-state index in [0.717, 1.165) is 5.75 Å². The van der Waals surface area contributed by atoms with E-state index in [-0.39, 0.29) is 0 Å². The molecular weight excluding hydrogens is 176 g/mol. The summed E-state index contributed by atoms with van der Waals surface area (Å²) in [4.78, 5) is 1.32. The van der Waals surface area contributed by atoms with Crippen LogP contribution in [0.1, 0.15) is 17.5 Å². The molecule has 2 rings (SSSR count). The van der Waals surface area contributed by atoms with Crippen molar-refractivity contribution in [3.05, 3.63) is 29.3 Å². The van der Waals surface area contributed by atoms with E-state index in [4.69, 9.17) is 6.42 Å². The average molecular weight is 188 g/mol. The van der Waals surface area contributed by atoms with Crippen LogP contribution in [-0.2, 0) is 12.8 Å². The molecule has 0 N–H and O–H groups in total. The predicted octanol–water partition coefficient (Wildman–Crippen LogP) is 2.90. The number of aryl methyl sites for hydroxylation is 2. The number of hydrogen-bond donors (Lipinski definition) is 0. The zero-order valence-electron chi connectivity index (χ0n) is 7.55. The Kier molecular flexibility index (Phi) is 2.61. The van der Waals surface area contributed by atoms with Gasteiger partial charge in [0, 0.05) is 4.90 Å². The van der Waals surface area contributed by atoms with Gasteiger partial charge in [0.15, 0.2) is 0 Å². The molecule has 1 aromatic rings. The molecule has 0 aromatic heterocycles. The van der Waals surface area contributed by atoms with E-state index in [2.05, 4.69) is 24.1 Å². The van der Waals surface area contributed by atoms with Crippen molar-refractivity contribution < 1.29 is 0 Å². The van der Waals surface area contributed by atoms with Gasteiger partial charge in [-0.15, -0.1) is 18.2 Å². The Morgan fingerprint density at radius 2 is 2.15 bits per heavy atom. The lowest BCUT2D eigenvalue weighted by Crippen LogP contribution is -1.82. The molecule has 1 aliphatic rings. The fourth-order valence-electron chi connectivity index (χ4n) is 1.76. The normalized spacial score (nSPS) is 13.8.